The summed E-state index contributed by atoms with van der Waals surface area (Å²) in [5.74, 6) is -0.133. The molecular formula is C26H33N7O2. The zero-order valence-corrected chi connectivity index (χ0v) is 20.5. The van der Waals surface area contributed by atoms with E-state index in [4.69, 9.17) is 16.5 Å². The van der Waals surface area contributed by atoms with Crippen molar-refractivity contribution in [1.29, 1.82) is 5.26 Å². The number of rotatable bonds is 6. The first-order chi connectivity index (χ1) is 16.7. The number of nitrogens with zero attached hydrogens (tertiary/aromatic N) is 5. The van der Waals surface area contributed by atoms with Gasteiger partial charge in [0.25, 0.3) is 11.8 Å². The summed E-state index contributed by atoms with van der Waals surface area (Å²) in [6.45, 7) is 6.57. The molecule has 2 amide bonds. The van der Waals surface area contributed by atoms with Crippen molar-refractivity contribution in [2.45, 2.75) is 57.4 Å². The SMILES string of the molecule is CC(C)(C#N)c1cc(Cc2nc(N3CCC[C@H](N)C3)ncc2C(N)=O)cc(C(=O)N2CCCC2)c1. The quantitative estimate of drug-likeness (QED) is 0.651. The van der Waals surface area contributed by atoms with E-state index in [1.165, 1.54) is 6.20 Å². The minimum atomic E-state index is -0.788. The third kappa shape index (κ3) is 5.43. The molecule has 0 radical (unpaired) electrons. The molecule has 4 rings (SSSR count). The van der Waals surface area contributed by atoms with Crippen LogP contribution in [0.1, 0.15) is 77.1 Å². The van der Waals surface area contributed by atoms with Crippen LogP contribution in [-0.2, 0) is 11.8 Å². The maximum Gasteiger partial charge on any atom is 0.253 e. The number of primary amides is 1. The highest BCUT2D eigenvalue weighted by Crippen LogP contribution is 2.28. The lowest BCUT2D eigenvalue weighted by Gasteiger charge is -2.31. The average Bonchev–Trinajstić information content (AvgIpc) is 3.38. The minimum absolute atomic E-state index is 0.0415. The number of hydrogen-bond donors (Lipinski definition) is 2. The molecule has 9 nitrogen and oxygen atoms in total. The Kier molecular flexibility index (Phi) is 7.03. The maximum atomic E-state index is 13.2. The van der Waals surface area contributed by atoms with Gasteiger partial charge in [-0.1, -0.05) is 6.07 Å². The van der Waals surface area contributed by atoms with Crippen LogP contribution in [0.3, 0.4) is 0 Å². The predicted octanol–water partition coefficient (Wildman–Crippen LogP) is 2.13. The zero-order valence-electron chi connectivity index (χ0n) is 20.5. The predicted molar refractivity (Wildman–Crippen MR) is 133 cm³/mol. The normalized spacial score (nSPS) is 18.4. The van der Waals surface area contributed by atoms with Gasteiger partial charge < -0.3 is 21.3 Å². The van der Waals surface area contributed by atoms with E-state index < -0.39 is 11.3 Å². The van der Waals surface area contributed by atoms with Gasteiger partial charge in [0.05, 0.1) is 22.7 Å². The van der Waals surface area contributed by atoms with Crippen LogP contribution in [0.15, 0.2) is 24.4 Å². The Labute approximate surface area is 206 Å². The van der Waals surface area contributed by atoms with Crippen LogP contribution in [0.5, 0.6) is 0 Å². The first-order valence-corrected chi connectivity index (χ1v) is 12.2. The molecule has 1 atom stereocenters. The summed E-state index contributed by atoms with van der Waals surface area (Å²) in [5, 5.41) is 9.75. The van der Waals surface area contributed by atoms with E-state index >= 15 is 0 Å². The van der Waals surface area contributed by atoms with Gasteiger partial charge in [-0.15, -0.1) is 0 Å². The van der Waals surface area contributed by atoms with Gasteiger partial charge >= 0.3 is 0 Å². The molecular weight excluding hydrogens is 442 g/mol. The van der Waals surface area contributed by atoms with Crippen molar-refractivity contribution in [3.63, 3.8) is 0 Å². The van der Waals surface area contributed by atoms with E-state index in [-0.39, 0.29) is 23.9 Å². The Bertz CT molecular complexity index is 1160. The number of aromatic nitrogens is 2. The number of carbonyl (C=O) groups excluding carboxylic acids is 2. The summed E-state index contributed by atoms with van der Waals surface area (Å²) in [4.78, 5) is 38.4. The Hall–Kier alpha value is -3.51. The van der Waals surface area contributed by atoms with Crippen LogP contribution in [0.2, 0.25) is 0 Å². The van der Waals surface area contributed by atoms with E-state index in [1.54, 1.807) is 0 Å². The number of amides is 2. The highest BCUT2D eigenvalue weighted by molar-refractivity contribution is 5.95. The number of carbonyl (C=O) groups is 2. The molecule has 0 unspecified atom stereocenters. The number of likely N-dealkylation sites (tertiary alicyclic amines) is 1. The molecule has 4 N–H and O–H groups in total. The first kappa shape index (κ1) is 24.6. The van der Waals surface area contributed by atoms with Crippen molar-refractivity contribution in [3.8, 4) is 6.07 Å². The van der Waals surface area contributed by atoms with Gasteiger partial charge in [-0.3, -0.25) is 9.59 Å². The summed E-state index contributed by atoms with van der Waals surface area (Å²) >= 11 is 0. The second-order valence-corrected chi connectivity index (χ2v) is 10.1. The fraction of sp³-hybridized carbons (Fsp3) is 0.500. The Morgan fingerprint density at radius 2 is 1.91 bits per heavy atom. The summed E-state index contributed by atoms with van der Waals surface area (Å²) in [7, 11) is 0. The lowest BCUT2D eigenvalue weighted by molar-refractivity contribution is 0.0792. The fourth-order valence-electron chi connectivity index (χ4n) is 4.73. The van der Waals surface area contributed by atoms with Gasteiger partial charge in [0.1, 0.15) is 0 Å². The van der Waals surface area contributed by atoms with E-state index in [0.29, 0.717) is 23.8 Å². The molecule has 2 aliphatic heterocycles. The van der Waals surface area contributed by atoms with Crippen LogP contribution in [0, 0.1) is 11.3 Å². The molecule has 2 aromatic rings. The molecule has 2 fully saturated rings. The first-order valence-electron chi connectivity index (χ1n) is 12.2. The number of hydrogen-bond acceptors (Lipinski definition) is 7. The van der Waals surface area contributed by atoms with Gasteiger partial charge in [-0.2, -0.15) is 5.26 Å². The van der Waals surface area contributed by atoms with E-state index in [0.717, 1.165) is 56.4 Å². The molecule has 1 aromatic carbocycles. The second-order valence-electron chi connectivity index (χ2n) is 10.1. The number of anilines is 1. The molecule has 0 aliphatic carbocycles. The molecule has 35 heavy (non-hydrogen) atoms. The molecule has 9 heteroatoms. The number of nitriles is 1. The van der Waals surface area contributed by atoms with Crippen LogP contribution in [-0.4, -0.2) is 58.9 Å². The van der Waals surface area contributed by atoms with E-state index in [9.17, 15) is 14.9 Å². The van der Waals surface area contributed by atoms with Gasteiger partial charge in [0.15, 0.2) is 0 Å². The number of piperidine rings is 1. The van der Waals surface area contributed by atoms with Crippen molar-refractivity contribution in [2.24, 2.45) is 11.5 Å². The van der Waals surface area contributed by atoms with Gasteiger partial charge in [-0.05, 0) is 62.8 Å². The van der Waals surface area contributed by atoms with Crippen molar-refractivity contribution >= 4 is 17.8 Å². The van der Waals surface area contributed by atoms with Crippen molar-refractivity contribution in [1.82, 2.24) is 14.9 Å². The highest BCUT2D eigenvalue weighted by atomic mass is 16.2. The number of nitrogens with two attached hydrogens (primary N) is 2. The molecule has 2 saturated heterocycles. The van der Waals surface area contributed by atoms with Crippen LogP contribution < -0.4 is 16.4 Å². The molecule has 0 saturated carbocycles. The maximum absolute atomic E-state index is 13.2. The lowest BCUT2D eigenvalue weighted by Crippen LogP contribution is -2.43. The molecule has 1 aromatic heterocycles. The zero-order chi connectivity index (χ0) is 25.2. The average molecular weight is 476 g/mol. The topological polar surface area (TPSA) is 142 Å². The van der Waals surface area contributed by atoms with E-state index in [1.807, 2.05) is 41.8 Å². The molecule has 0 bridgehead atoms. The van der Waals surface area contributed by atoms with Crippen LogP contribution >= 0.6 is 0 Å². The van der Waals surface area contributed by atoms with Crippen molar-refractivity contribution < 1.29 is 9.59 Å². The Morgan fingerprint density at radius 1 is 1.17 bits per heavy atom. The van der Waals surface area contributed by atoms with Gasteiger partial charge in [0.2, 0.25) is 5.95 Å². The largest absolute Gasteiger partial charge is 0.365 e. The summed E-state index contributed by atoms with van der Waals surface area (Å²) < 4.78 is 0. The third-order valence-corrected chi connectivity index (χ3v) is 6.87. The summed E-state index contributed by atoms with van der Waals surface area (Å²) in [6, 6.07) is 7.93. The number of benzene rings is 1. The van der Waals surface area contributed by atoms with Gasteiger partial charge in [-0.25, -0.2) is 9.97 Å². The molecule has 0 spiro atoms. The molecule has 184 valence electrons. The molecule has 2 aliphatic rings. The Morgan fingerprint density at radius 3 is 2.57 bits per heavy atom. The third-order valence-electron chi connectivity index (χ3n) is 6.87. The standard InChI is InChI=1S/C26H33N7O2/c1-26(2,16-27)19-11-17(10-18(13-19)24(35)32-7-3-4-8-32)12-22-21(23(29)34)14-30-25(31-22)33-9-5-6-20(28)15-33/h10-11,13-14,20H,3-9,12,15,28H2,1-2H3,(H2,29,34)/t20-/m0/s1. The van der Waals surface area contributed by atoms with Crippen molar-refractivity contribution in [2.75, 3.05) is 31.1 Å². The van der Waals surface area contributed by atoms with E-state index in [2.05, 4.69) is 11.1 Å². The lowest BCUT2D eigenvalue weighted by atomic mass is 9.83. The van der Waals surface area contributed by atoms with Crippen LogP contribution in [0.25, 0.3) is 0 Å². The molecule has 3 heterocycles. The van der Waals surface area contributed by atoms with Gasteiger partial charge in [0, 0.05) is 50.4 Å². The summed E-state index contributed by atoms with van der Waals surface area (Å²) in [5.41, 5.74) is 13.8. The summed E-state index contributed by atoms with van der Waals surface area (Å²) in [6.07, 6.45) is 5.65. The Balaban J connectivity index is 1.73. The second kappa shape index (κ2) is 10.0. The minimum Gasteiger partial charge on any atom is -0.365 e. The fourth-order valence-corrected chi connectivity index (χ4v) is 4.73. The highest BCUT2D eigenvalue weighted by Gasteiger charge is 2.26. The monoisotopic (exact) mass is 475 g/mol. The smallest absolute Gasteiger partial charge is 0.253 e. The van der Waals surface area contributed by atoms with Crippen LogP contribution in [0.4, 0.5) is 5.95 Å². The van der Waals surface area contributed by atoms with Crippen molar-refractivity contribution in [3.05, 3.63) is 52.3 Å².